The van der Waals surface area contributed by atoms with Gasteiger partial charge in [0.1, 0.15) is 5.75 Å². The number of hydrogen-bond acceptors (Lipinski definition) is 2. The van der Waals surface area contributed by atoms with Crippen LogP contribution < -0.4 is 10.5 Å². The van der Waals surface area contributed by atoms with Crippen molar-refractivity contribution in [3.63, 3.8) is 0 Å². The van der Waals surface area contributed by atoms with E-state index in [-0.39, 0.29) is 0 Å². The van der Waals surface area contributed by atoms with E-state index in [1.807, 2.05) is 6.92 Å². The number of nitrogens with two attached hydrogens (primary N) is 1. The fourth-order valence-corrected chi connectivity index (χ4v) is 2.16. The third kappa shape index (κ3) is 2.32. The third-order valence-electron chi connectivity index (χ3n) is 3.13. The first kappa shape index (κ1) is 10.5. The second-order valence-electron chi connectivity index (χ2n) is 4.37. The van der Waals surface area contributed by atoms with Crippen molar-refractivity contribution in [1.82, 2.24) is 0 Å². The monoisotopic (exact) mass is 205 g/mol. The highest BCUT2D eigenvalue weighted by atomic mass is 16.5. The van der Waals surface area contributed by atoms with Crippen LogP contribution in [0.3, 0.4) is 0 Å². The zero-order valence-electron chi connectivity index (χ0n) is 9.44. The van der Waals surface area contributed by atoms with Gasteiger partial charge < -0.3 is 10.5 Å². The van der Waals surface area contributed by atoms with Crippen molar-refractivity contribution >= 4 is 0 Å². The van der Waals surface area contributed by atoms with E-state index in [4.69, 9.17) is 10.5 Å². The molecule has 2 heteroatoms. The van der Waals surface area contributed by atoms with Gasteiger partial charge in [0, 0.05) is 6.04 Å². The normalized spacial score (nSPS) is 26.1. The molecule has 1 fully saturated rings. The van der Waals surface area contributed by atoms with Crippen LogP contribution >= 0.6 is 0 Å². The predicted molar refractivity (Wildman–Crippen MR) is 62.1 cm³/mol. The van der Waals surface area contributed by atoms with E-state index < -0.39 is 0 Å². The molecule has 15 heavy (non-hydrogen) atoms. The molecule has 0 saturated heterocycles. The number of rotatable bonds is 4. The standard InChI is InChI=1S/C13H19NO/c1-3-15-11-6-4-10(5-7-11)13-8-12(13)9(2)14/h4-7,9,12-13H,3,8,14H2,1-2H3/t9-,12+,13+/m1/s1. The molecular formula is C13H19NO. The molecule has 1 aliphatic carbocycles. The fraction of sp³-hybridized carbons (Fsp3) is 0.538. The Hall–Kier alpha value is -1.02. The number of hydrogen-bond donors (Lipinski definition) is 1. The minimum absolute atomic E-state index is 0.321. The van der Waals surface area contributed by atoms with Crippen LogP contribution in [0.2, 0.25) is 0 Å². The van der Waals surface area contributed by atoms with E-state index >= 15 is 0 Å². The van der Waals surface area contributed by atoms with Crippen LogP contribution in [0.25, 0.3) is 0 Å². The molecule has 82 valence electrons. The molecule has 1 saturated carbocycles. The summed E-state index contributed by atoms with van der Waals surface area (Å²) >= 11 is 0. The van der Waals surface area contributed by atoms with E-state index in [9.17, 15) is 0 Å². The van der Waals surface area contributed by atoms with Gasteiger partial charge in [-0.25, -0.2) is 0 Å². The first-order valence-electron chi connectivity index (χ1n) is 5.70. The van der Waals surface area contributed by atoms with Crippen LogP contribution in [-0.2, 0) is 0 Å². The predicted octanol–water partition coefficient (Wildman–Crippen LogP) is 2.54. The molecule has 1 aromatic rings. The van der Waals surface area contributed by atoms with Gasteiger partial charge in [0.05, 0.1) is 6.61 Å². The minimum atomic E-state index is 0.321. The lowest BCUT2D eigenvalue weighted by Crippen LogP contribution is -2.17. The van der Waals surface area contributed by atoms with Gasteiger partial charge in [-0.1, -0.05) is 12.1 Å². The summed E-state index contributed by atoms with van der Waals surface area (Å²) in [6, 6.07) is 8.75. The van der Waals surface area contributed by atoms with Gasteiger partial charge in [-0.15, -0.1) is 0 Å². The van der Waals surface area contributed by atoms with Crippen molar-refractivity contribution in [3.8, 4) is 5.75 Å². The number of benzene rings is 1. The van der Waals surface area contributed by atoms with Crippen molar-refractivity contribution < 1.29 is 4.74 Å². The summed E-state index contributed by atoms with van der Waals surface area (Å²) in [6.07, 6.45) is 1.24. The molecule has 1 aromatic carbocycles. The molecule has 0 heterocycles. The molecule has 3 atom stereocenters. The Labute approximate surface area is 91.4 Å². The van der Waals surface area contributed by atoms with Crippen LogP contribution in [0.5, 0.6) is 5.75 Å². The first-order chi connectivity index (χ1) is 7.22. The van der Waals surface area contributed by atoms with E-state index in [1.165, 1.54) is 12.0 Å². The topological polar surface area (TPSA) is 35.2 Å². The molecule has 0 aliphatic heterocycles. The van der Waals surface area contributed by atoms with Crippen molar-refractivity contribution in [2.45, 2.75) is 32.2 Å². The maximum absolute atomic E-state index is 5.88. The summed E-state index contributed by atoms with van der Waals surface area (Å²) in [6.45, 7) is 4.82. The zero-order valence-corrected chi connectivity index (χ0v) is 9.44. The Balaban J connectivity index is 2.00. The Morgan fingerprint density at radius 3 is 2.53 bits per heavy atom. The lowest BCUT2D eigenvalue weighted by molar-refractivity contribution is 0.340. The van der Waals surface area contributed by atoms with Crippen LogP contribution in [-0.4, -0.2) is 12.6 Å². The summed E-state index contributed by atoms with van der Waals surface area (Å²) in [4.78, 5) is 0. The summed E-state index contributed by atoms with van der Waals surface area (Å²) in [5.41, 5.74) is 7.28. The third-order valence-corrected chi connectivity index (χ3v) is 3.13. The molecule has 0 aromatic heterocycles. The molecule has 2 rings (SSSR count). The summed E-state index contributed by atoms with van der Waals surface area (Å²) in [7, 11) is 0. The van der Waals surface area contributed by atoms with Gasteiger partial charge in [-0.05, 0) is 49.8 Å². The van der Waals surface area contributed by atoms with Crippen molar-refractivity contribution in [1.29, 1.82) is 0 Å². The van der Waals surface area contributed by atoms with Gasteiger partial charge in [0.15, 0.2) is 0 Å². The highest BCUT2D eigenvalue weighted by Crippen LogP contribution is 2.49. The van der Waals surface area contributed by atoms with Crippen LogP contribution in [0.1, 0.15) is 31.7 Å². The SMILES string of the molecule is CCOc1ccc([C@@H]2C[C@H]2[C@@H](C)N)cc1. The van der Waals surface area contributed by atoms with Crippen molar-refractivity contribution in [2.75, 3.05) is 6.61 Å². The summed E-state index contributed by atoms with van der Waals surface area (Å²) < 4.78 is 5.41. The Morgan fingerprint density at radius 1 is 1.40 bits per heavy atom. The lowest BCUT2D eigenvalue weighted by atomic mass is 10.1. The average Bonchev–Trinajstić information content (AvgIpc) is 2.99. The Bertz CT molecular complexity index is 318. The Kier molecular flexibility index (Phi) is 2.96. The van der Waals surface area contributed by atoms with Crippen LogP contribution in [0, 0.1) is 5.92 Å². The Morgan fingerprint density at radius 2 is 2.07 bits per heavy atom. The van der Waals surface area contributed by atoms with Crippen molar-refractivity contribution in [2.24, 2.45) is 11.7 Å². The molecule has 0 amide bonds. The highest BCUT2D eigenvalue weighted by molar-refractivity contribution is 5.33. The average molecular weight is 205 g/mol. The second-order valence-corrected chi connectivity index (χ2v) is 4.37. The minimum Gasteiger partial charge on any atom is -0.494 e. The van der Waals surface area contributed by atoms with Gasteiger partial charge in [0.2, 0.25) is 0 Å². The smallest absolute Gasteiger partial charge is 0.119 e. The van der Waals surface area contributed by atoms with E-state index in [0.717, 1.165) is 12.4 Å². The van der Waals surface area contributed by atoms with Gasteiger partial charge in [0.25, 0.3) is 0 Å². The summed E-state index contributed by atoms with van der Waals surface area (Å²) in [5.74, 6) is 2.32. The van der Waals surface area contributed by atoms with Gasteiger partial charge in [-0.2, -0.15) is 0 Å². The van der Waals surface area contributed by atoms with Gasteiger partial charge >= 0.3 is 0 Å². The van der Waals surface area contributed by atoms with E-state index in [1.54, 1.807) is 0 Å². The van der Waals surface area contributed by atoms with Crippen molar-refractivity contribution in [3.05, 3.63) is 29.8 Å². The molecule has 2 N–H and O–H groups in total. The lowest BCUT2D eigenvalue weighted by Gasteiger charge is -2.06. The van der Waals surface area contributed by atoms with E-state index in [2.05, 4.69) is 31.2 Å². The largest absolute Gasteiger partial charge is 0.494 e. The molecule has 0 radical (unpaired) electrons. The zero-order chi connectivity index (χ0) is 10.8. The highest BCUT2D eigenvalue weighted by Gasteiger charge is 2.40. The molecule has 0 bridgehead atoms. The number of ether oxygens (including phenoxy) is 1. The summed E-state index contributed by atoms with van der Waals surface area (Å²) in [5, 5.41) is 0. The second kappa shape index (κ2) is 4.23. The first-order valence-corrected chi connectivity index (χ1v) is 5.70. The van der Waals surface area contributed by atoms with Gasteiger partial charge in [-0.3, -0.25) is 0 Å². The molecule has 2 nitrogen and oxygen atoms in total. The maximum Gasteiger partial charge on any atom is 0.119 e. The molecule has 0 spiro atoms. The quantitative estimate of drug-likeness (QED) is 0.819. The molecule has 0 unspecified atom stereocenters. The molecular weight excluding hydrogens is 186 g/mol. The molecule has 1 aliphatic rings. The fourth-order valence-electron chi connectivity index (χ4n) is 2.16. The van der Waals surface area contributed by atoms with Crippen LogP contribution in [0.4, 0.5) is 0 Å². The maximum atomic E-state index is 5.88. The van der Waals surface area contributed by atoms with E-state index in [0.29, 0.717) is 17.9 Å². The van der Waals surface area contributed by atoms with Crippen LogP contribution in [0.15, 0.2) is 24.3 Å².